The predicted octanol–water partition coefficient (Wildman–Crippen LogP) is 1.66. The maximum atomic E-state index is 5.87. The van der Waals surface area contributed by atoms with E-state index in [0.29, 0.717) is 18.2 Å². The highest BCUT2D eigenvalue weighted by Gasteiger charge is 2.27. The van der Waals surface area contributed by atoms with Gasteiger partial charge in [0.05, 0.1) is 12.2 Å². The van der Waals surface area contributed by atoms with E-state index in [1.807, 2.05) is 6.08 Å². The summed E-state index contributed by atoms with van der Waals surface area (Å²) in [7, 11) is 0. The number of morpholine rings is 1. The summed E-state index contributed by atoms with van der Waals surface area (Å²) >= 11 is 0. The van der Waals surface area contributed by atoms with Crippen molar-refractivity contribution in [2.75, 3.05) is 13.1 Å². The first-order valence-corrected chi connectivity index (χ1v) is 6.09. The molecule has 2 aliphatic rings. The topological polar surface area (TPSA) is 38.5 Å². The van der Waals surface area contributed by atoms with E-state index in [1.165, 1.54) is 5.57 Å². The zero-order chi connectivity index (χ0) is 11.7. The van der Waals surface area contributed by atoms with Crippen LogP contribution < -0.4 is 5.73 Å². The van der Waals surface area contributed by atoms with Gasteiger partial charge in [-0.25, -0.2) is 0 Å². The maximum Gasteiger partial charge on any atom is 0.0678 e. The van der Waals surface area contributed by atoms with E-state index in [1.54, 1.807) is 0 Å². The van der Waals surface area contributed by atoms with Gasteiger partial charge in [0.25, 0.3) is 0 Å². The van der Waals surface area contributed by atoms with Gasteiger partial charge in [-0.1, -0.05) is 6.08 Å². The standard InChI is InChI=1S/C13H22N2O/c1-9-6-12(4-5-13(9)14)15-7-10(2)16-11(3)8-15/h4-5,10-12H,6-8,14H2,1-3H3. The third kappa shape index (κ3) is 2.47. The Morgan fingerprint density at radius 2 is 1.94 bits per heavy atom. The second-order valence-corrected chi connectivity index (χ2v) is 5.08. The van der Waals surface area contributed by atoms with Crippen LogP contribution in [0.15, 0.2) is 23.4 Å². The third-order valence-electron chi connectivity index (χ3n) is 3.42. The number of nitrogens with zero attached hydrogens (tertiary/aromatic N) is 1. The highest BCUT2D eigenvalue weighted by molar-refractivity contribution is 5.28. The van der Waals surface area contributed by atoms with Gasteiger partial charge in [-0.2, -0.15) is 0 Å². The molecule has 0 spiro atoms. The van der Waals surface area contributed by atoms with E-state index in [2.05, 4.69) is 31.7 Å². The lowest BCUT2D eigenvalue weighted by atomic mass is 9.97. The molecule has 1 fully saturated rings. The molecule has 0 amide bonds. The Bertz CT molecular complexity index is 312. The summed E-state index contributed by atoms with van der Waals surface area (Å²) in [5.41, 5.74) is 8.11. The molecule has 1 heterocycles. The first-order chi connectivity index (χ1) is 7.56. The van der Waals surface area contributed by atoms with Gasteiger partial charge in [-0.3, -0.25) is 4.90 Å². The molecular formula is C13H22N2O. The smallest absolute Gasteiger partial charge is 0.0678 e. The number of hydrogen-bond acceptors (Lipinski definition) is 3. The van der Waals surface area contributed by atoms with Gasteiger partial charge >= 0.3 is 0 Å². The third-order valence-corrected chi connectivity index (χ3v) is 3.42. The summed E-state index contributed by atoms with van der Waals surface area (Å²) in [6, 6.07) is 0.501. The average Bonchev–Trinajstić information content (AvgIpc) is 2.20. The molecule has 0 radical (unpaired) electrons. The Balaban J connectivity index is 2.02. The van der Waals surface area contributed by atoms with Crippen LogP contribution in [0.1, 0.15) is 27.2 Å². The van der Waals surface area contributed by atoms with Gasteiger partial charge in [0.15, 0.2) is 0 Å². The summed E-state index contributed by atoms with van der Waals surface area (Å²) in [4.78, 5) is 2.51. The first-order valence-electron chi connectivity index (χ1n) is 6.09. The second kappa shape index (κ2) is 4.60. The lowest BCUT2D eigenvalue weighted by Crippen LogP contribution is -2.50. The molecule has 1 aliphatic heterocycles. The summed E-state index contributed by atoms with van der Waals surface area (Å²) < 4.78 is 5.75. The van der Waals surface area contributed by atoms with Crippen molar-refractivity contribution in [2.45, 2.75) is 45.4 Å². The fourth-order valence-corrected chi connectivity index (χ4v) is 2.60. The van der Waals surface area contributed by atoms with E-state index in [4.69, 9.17) is 10.5 Å². The molecule has 3 unspecified atom stereocenters. The Hall–Kier alpha value is -0.800. The Kier molecular flexibility index (Phi) is 3.36. The fourth-order valence-electron chi connectivity index (χ4n) is 2.60. The van der Waals surface area contributed by atoms with Crippen LogP contribution in [-0.4, -0.2) is 36.2 Å². The molecule has 1 aliphatic carbocycles. The minimum absolute atomic E-state index is 0.334. The molecule has 3 nitrogen and oxygen atoms in total. The minimum Gasteiger partial charge on any atom is -0.399 e. The van der Waals surface area contributed by atoms with Gasteiger partial charge in [0.2, 0.25) is 0 Å². The minimum atomic E-state index is 0.334. The summed E-state index contributed by atoms with van der Waals surface area (Å²) in [6.07, 6.45) is 6.00. The van der Waals surface area contributed by atoms with Crippen LogP contribution in [0.5, 0.6) is 0 Å². The van der Waals surface area contributed by atoms with Crippen LogP contribution in [0.2, 0.25) is 0 Å². The van der Waals surface area contributed by atoms with Crippen molar-refractivity contribution < 1.29 is 4.74 Å². The number of allylic oxidation sites excluding steroid dienone is 1. The van der Waals surface area contributed by atoms with Gasteiger partial charge < -0.3 is 10.5 Å². The lowest BCUT2D eigenvalue weighted by Gasteiger charge is -2.40. The Morgan fingerprint density at radius 3 is 2.50 bits per heavy atom. The van der Waals surface area contributed by atoms with Crippen LogP contribution in [0.25, 0.3) is 0 Å². The van der Waals surface area contributed by atoms with Crippen molar-refractivity contribution in [2.24, 2.45) is 5.73 Å². The molecule has 0 saturated carbocycles. The monoisotopic (exact) mass is 222 g/mol. The molecule has 0 aromatic heterocycles. The van der Waals surface area contributed by atoms with E-state index >= 15 is 0 Å². The van der Waals surface area contributed by atoms with Gasteiger partial charge in [0, 0.05) is 24.8 Å². The van der Waals surface area contributed by atoms with E-state index in [-0.39, 0.29) is 0 Å². The Labute approximate surface area is 97.9 Å². The average molecular weight is 222 g/mol. The molecule has 2 N–H and O–H groups in total. The van der Waals surface area contributed by atoms with Crippen molar-refractivity contribution in [3.05, 3.63) is 23.4 Å². The quantitative estimate of drug-likeness (QED) is 0.733. The predicted molar refractivity (Wildman–Crippen MR) is 66.0 cm³/mol. The molecular weight excluding hydrogens is 200 g/mol. The normalized spacial score (nSPS) is 36.8. The highest BCUT2D eigenvalue weighted by Crippen LogP contribution is 2.23. The largest absolute Gasteiger partial charge is 0.399 e. The zero-order valence-corrected chi connectivity index (χ0v) is 10.4. The van der Waals surface area contributed by atoms with Crippen molar-refractivity contribution in [1.29, 1.82) is 0 Å². The van der Waals surface area contributed by atoms with Crippen LogP contribution in [0.4, 0.5) is 0 Å². The van der Waals surface area contributed by atoms with E-state index < -0.39 is 0 Å². The second-order valence-electron chi connectivity index (χ2n) is 5.08. The highest BCUT2D eigenvalue weighted by atomic mass is 16.5. The van der Waals surface area contributed by atoms with Gasteiger partial charge in [-0.05, 0) is 38.8 Å². The molecule has 16 heavy (non-hydrogen) atoms. The number of rotatable bonds is 1. The Morgan fingerprint density at radius 1 is 1.31 bits per heavy atom. The maximum absolute atomic E-state index is 5.87. The van der Waals surface area contributed by atoms with Crippen molar-refractivity contribution >= 4 is 0 Å². The fraction of sp³-hybridized carbons (Fsp3) is 0.692. The SMILES string of the molecule is CC1=C(N)C=CC(N2CC(C)OC(C)C2)C1. The van der Waals surface area contributed by atoms with Crippen molar-refractivity contribution in [3.8, 4) is 0 Å². The molecule has 0 bridgehead atoms. The number of nitrogens with two attached hydrogens (primary N) is 1. The van der Waals surface area contributed by atoms with Crippen LogP contribution in [-0.2, 0) is 4.74 Å². The molecule has 2 rings (SSSR count). The van der Waals surface area contributed by atoms with Crippen LogP contribution in [0, 0.1) is 0 Å². The summed E-state index contributed by atoms with van der Waals surface area (Å²) in [5.74, 6) is 0. The summed E-state index contributed by atoms with van der Waals surface area (Å²) in [5, 5.41) is 0. The van der Waals surface area contributed by atoms with Crippen LogP contribution in [0.3, 0.4) is 0 Å². The summed E-state index contributed by atoms with van der Waals surface area (Å²) in [6.45, 7) is 8.46. The van der Waals surface area contributed by atoms with Crippen molar-refractivity contribution in [1.82, 2.24) is 4.90 Å². The lowest BCUT2D eigenvalue weighted by molar-refractivity contribution is -0.0753. The molecule has 3 heteroatoms. The van der Waals surface area contributed by atoms with E-state index in [9.17, 15) is 0 Å². The number of hydrogen-bond donors (Lipinski definition) is 1. The van der Waals surface area contributed by atoms with Gasteiger partial charge in [-0.15, -0.1) is 0 Å². The first kappa shape index (κ1) is 11.7. The van der Waals surface area contributed by atoms with Gasteiger partial charge in [0.1, 0.15) is 0 Å². The van der Waals surface area contributed by atoms with Crippen molar-refractivity contribution in [3.63, 3.8) is 0 Å². The molecule has 90 valence electrons. The molecule has 0 aromatic carbocycles. The molecule has 1 saturated heterocycles. The molecule has 0 aromatic rings. The zero-order valence-electron chi connectivity index (χ0n) is 10.4. The number of ether oxygens (including phenoxy) is 1. The van der Waals surface area contributed by atoms with Crippen LogP contribution >= 0.6 is 0 Å². The van der Waals surface area contributed by atoms with E-state index in [0.717, 1.165) is 25.2 Å². The molecule has 3 atom stereocenters.